The van der Waals surface area contributed by atoms with E-state index in [0.717, 1.165) is 0 Å². The molecule has 0 rings (SSSR count). The third-order valence-electron chi connectivity index (χ3n) is 1.17. The van der Waals surface area contributed by atoms with Crippen molar-refractivity contribution in [1.82, 2.24) is 0 Å². The molecule has 0 saturated heterocycles. The maximum atomic E-state index is 9.82. The van der Waals surface area contributed by atoms with Crippen molar-refractivity contribution in [2.24, 2.45) is 5.92 Å². The summed E-state index contributed by atoms with van der Waals surface area (Å²) in [6, 6.07) is 0. The molecule has 0 aliphatic carbocycles. The predicted molar refractivity (Wildman–Crippen MR) is 38.4 cm³/mol. The van der Waals surface area contributed by atoms with Crippen LogP contribution in [0.15, 0.2) is 0 Å². The van der Waals surface area contributed by atoms with E-state index in [1.807, 2.05) is 13.8 Å². The molecule has 5 heteroatoms. The fraction of sp³-hybridized carbons (Fsp3) is 1.00. The molecule has 0 aromatic heterocycles. The highest BCUT2D eigenvalue weighted by molar-refractivity contribution is 4.56. The van der Waals surface area contributed by atoms with Crippen LogP contribution < -0.4 is 0 Å². The molecule has 5 nitrogen and oxygen atoms in total. The molecule has 0 saturated carbocycles. The van der Waals surface area contributed by atoms with Crippen LogP contribution in [-0.2, 0) is 4.84 Å². The first-order chi connectivity index (χ1) is 5.06. The summed E-state index contributed by atoms with van der Waals surface area (Å²) in [6.45, 7) is 3.51. The lowest BCUT2D eigenvalue weighted by atomic mass is 10.1. The highest BCUT2D eigenvalue weighted by atomic mass is 17.0. The molecule has 0 fully saturated rings. The van der Waals surface area contributed by atoms with E-state index in [4.69, 9.17) is 5.11 Å². The Bertz CT molecular complexity index is 126. The second-order valence-corrected chi connectivity index (χ2v) is 2.76. The molecule has 0 aliphatic rings. The Morgan fingerprint density at radius 3 is 2.45 bits per heavy atom. The average Bonchev–Trinajstić information content (AvgIpc) is 1.84. The van der Waals surface area contributed by atoms with Crippen LogP contribution in [0.2, 0.25) is 0 Å². The monoisotopic (exact) mass is 163 g/mol. The van der Waals surface area contributed by atoms with Crippen molar-refractivity contribution in [3.63, 3.8) is 0 Å². The molecule has 0 heterocycles. The molecule has 0 amide bonds. The van der Waals surface area contributed by atoms with Crippen molar-refractivity contribution < 1.29 is 15.0 Å². The number of nitrogens with zero attached hydrogens (tertiary/aromatic N) is 1. The molecular weight excluding hydrogens is 150 g/mol. The summed E-state index contributed by atoms with van der Waals surface area (Å²) in [7, 11) is 0. The summed E-state index contributed by atoms with van der Waals surface area (Å²) in [6.07, 6.45) is -0.178. The van der Waals surface area contributed by atoms with E-state index < -0.39 is 11.2 Å². The highest BCUT2D eigenvalue weighted by Crippen LogP contribution is 2.07. The lowest BCUT2D eigenvalue weighted by Gasteiger charge is -2.13. The lowest BCUT2D eigenvalue weighted by Crippen LogP contribution is -2.22. The molecule has 0 spiro atoms. The van der Waals surface area contributed by atoms with E-state index in [-0.39, 0.29) is 12.5 Å². The molecule has 0 aromatic carbocycles. The summed E-state index contributed by atoms with van der Waals surface area (Å²) in [5.41, 5.74) is 0. The van der Waals surface area contributed by atoms with Crippen LogP contribution in [0, 0.1) is 16.0 Å². The van der Waals surface area contributed by atoms with Gasteiger partial charge < -0.3 is 9.94 Å². The Morgan fingerprint density at radius 2 is 2.18 bits per heavy atom. The van der Waals surface area contributed by atoms with Crippen LogP contribution in [0.4, 0.5) is 0 Å². The number of aliphatic hydroxyl groups excluding tert-OH is 1. The fourth-order valence-electron chi connectivity index (χ4n) is 0.798. The van der Waals surface area contributed by atoms with Gasteiger partial charge in [0, 0.05) is 0 Å². The minimum atomic E-state index is -0.872. The third-order valence-corrected chi connectivity index (χ3v) is 1.17. The number of hydrogen-bond acceptors (Lipinski definition) is 4. The Labute approximate surface area is 65.1 Å². The highest BCUT2D eigenvalue weighted by Gasteiger charge is 2.13. The summed E-state index contributed by atoms with van der Waals surface area (Å²) >= 11 is 0. The number of aliphatic hydroxyl groups is 1. The molecule has 0 aromatic rings. The van der Waals surface area contributed by atoms with Crippen molar-refractivity contribution in [1.29, 1.82) is 0 Å². The Hall–Kier alpha value is -0.840. The third kappa shape index (κ3) is 5.60. The van der Waals surface area contributed by atoms with E-state index in [2.05, 4.69) is 4.84 Å². The van der Waals surface area contributed by atoms with Crippen molar-refractivity contribution in [3.8, 4) is 0 Å². The van der Waals surface area contributed by atoms with E-state index in [1.54, 1.807) is 0 Å². The van der Waals surface area contributed by atoms with E-state index in [9.17, 15) is 10.1 Å². The van der Waals surface area contributed by atoms with Gasteiger partial charge in [0.2, 0.25) is 0 Å². The van der Waals surface area contributed by atoms with Gasteiger partial charge in [-0.05, 0) is 12.3 Å². The predicted octanol–water partition coefficient (Wildman–Crippen LogP) is 0.602. The molecule has 0 bridgehead atoms. The Morgan fingerprint density at radius 1 is 1.64 bits per heavy atom. The first-order valence-corrected chi connectivity index (χ1v) is 3.48. The van der Waals surface area contributed by atoms with Gasteiger partial charge in [0.05, 0.1) is 6.61 Å². The molecule has 1 unspecified atom stereocenters. The number of rotatable bonds is 5. The van der Waals surface area contributed by atoms with Crippen molar-refractivity contribution in [2.75, 3.05) is 6.61 Å². The van der Waals surface area contributed by atoms with Crippen molar-refractivity contribution in [3.05, 3.63) is 10.1 Å². The minimum Gasteiger partial charge on any atom is -0.394 e. The van der Waals surface area contributed by atoms with E-state index in [1.165, 1.54) is 0 Å². The lowest BCUT2D eigenvalue weighted by molar-refractivity contribution is -0.769. The molecule has 0 radical (unpaired) electrons. The van der Waals surface area contributed by atoms with Gasteiger partial charge in [0.1, 0.15) is 6.10 Å². The van der Waals surface area contributed by atoms with Gasteiger partial charge in [-0.3, -0.25) is 0 Å². The zero-order chi connectivity index (χ0) is 8.85. The SMILES string of the molecule is CC(C)CC(CO)O[N+](=O)[O-]. The molecule has 1 N–H and O–H groups in total. The second kappa shape index (κ2) is 4.90. The minimum absolute atomic E-state index is 0.284. The maximum Gasteiger partial charge on any atom is 0.294 e. The van der Waals surface area contributed by atoms with Crippen LogP contribution in [0.5, 0.6) is 0 Å². The maximum absolute atomic E-state index is 9.82. The fourth-order valence-corrected chi connectivity index (χ4v) is 0.798. The summed E-state index contributed by atoms with van der Waals surface area (Å²) in [5, 5.41) is 17.5. The van der Waals surface area contributed by atoms with Crippen molar-refractivity contribution >= 4 is 0 Å². The van der Waals surface area contributed by atoms with Crippen molar-refractivity contribution in [2.45, 2.75) is 26.4 Å². The Kier molecular flexibility index (Phi) is 4.52. The normalized spacial score (nSPS) is 13.1. The molecule has 1 atom stereocenters. The molecule has 11 heavy (non-hydrogen) atoms. The molecule has 0 aliphatic heterocycles. The van der Waals surface area contributed by atoms with E-state index in [0.29, 0.717) is 6.42 Å². The van der Waals surface area contributed by atoms with Crippen LogP contribution in [-0.4, -0.2) is 22.9 Å². The van der Waals surface area contributed by atoms with Gasteiger partial charge in [-0.1, -0.05) is 13.8 Å². The first-order valence-electron chi connectivity index (χ1n) is 3.48. The quantitative estimate of drug-likeness (QED) is 0.476. The van der Waals surface area contributed by atoms with E-state index >= 15 is 0 Å². The molecule has 66 valence electrons. The zero-order valence-corrected chi connectivity index (χ0v) is 6.69. The summed E-state index contributed by atoms with van der Waals surface area (Å²) < 4.78 is 0. The average molecular weight is 163 g/mol. The zero-order valence-electron chi connectivity index (χ0n) is 6.69. The Balaban J connectivity index is 3.66. The molecular formula is C6H13NO4. The summed E-state index contributed by atoms with van der Waals surface area (Å²) in [5.74, 6) is 0.284. The van der Waals surface area contributed by atoms with Gasteiger partial charge in [-0.25, -0.2) is 0 Å². The largest absolute Gasteiger partial charge is 0.394 e. The van der Waals surface area contributed by atoms with Crippen LogP contribution >= 0.6 is 0 Å². The van der Waals surface area contributed by atoms with Gasteiger partial charge >= 0.3 is 0 Å². The van der Waals surface area contributed by atoms with Crippen LogP contribution in [0.3, 0.4) is 0 Å². The smallest absolute Gasteiger partial charge is 0.294 e. The van der Waals surface area contributed by atoms with Crippen LogP contribution in [0.25, 0.3) is 0 Å². The van der Waals surface area contributed by atoms with Crippen LogP contribution in [0.1, 0.15) is 20.3 Å². The van der Waals surface area contributed by atoms with Gasteiger partial charge in [-0.2, -0.15) is 0 Å². The van der Waals surface area contributed by atoms with Gasteiger partial charge in [0.25, 0.3) is 5.09 Å². The standard InChI is InChI=1S/C6H13NO4/c1-5(2)3-6(4-8)11-7(9)10/h5-6,8H,3-4H2,1-2H3. The number of hydrogen-bond donors (Lipinski definition) is 1. The second-order valence-electron chi connectivity index (χ2n) is 2.76. The van der Waals surface area contributed by atoms with Gasteiger partial charge in [-0.15, -0.1) is 10.1 Å². The summed E-state index contributed by atoms with van der Waals surface area (Å²) in [4.78, 5) is 14.0. The first kappa shape index (κ1) is 10.2. The topological polar surface area (TPSA) is 72.6 Å². The van der Waals surface area contributed by atoms with Gasteiger partial charge in [0.15, 0.2) is 0 Å².